The van der Waals surface area contributed by atoms with Gasteiger partial charge in [0, 0.05) is 42.7 Å². The third-order valence-electron chi connectivity index (χ3n) is 6.14. The maximum Gasteiger partial charge on any atom is 0.407 e. The summed E-state index contributed by atoms with van der Waals surface area (Å²) in [6, 6.07) is 3.66. The number of likely N-dealkylation sites (tertiary alicyclic amines) is 1. The molecule has 10 nitrogen and oxygen atoms in total. The van der Waals surface area contributed by atoms with Crippen molar-refractivity contribution in [3.05, 3.63) is 35.9 Å². The van der Waals surface area contributed by atoms with Crippen molar-refractivity contribution in [2.24, 2.45) is 0 Å². The summed E-state index contributed by atoms with van der Waals surface area (Å²) in [7, 11) is 0. The fourth-order valence-electron chi connectivity index (χ4n) is 4.36. The van der Waals surface area contributed by atoms with Crippen LogP contribution in [0.25, 0.3) is 5.65 Å². The molecule has 2 aliphatic rings. The minimum atomic E-state index is -1.21. The average molecular weight is 457 g/mol. The van der Waals surface area contributed by atoms with Gasteiger partial charge < -0.3 is 15.4 Å². The van der Waals surface area contributed by atoms with Crippen LogP contribution >= 0.6 is 0 Å². The first kappa shape index (κ1) is 21.6. The number of amides is 1. The maximum absolute atomic E-state index is 14.5. The second-order valence-corrected chi connectivity index (χ2v) is 9.12. The van der Waals surface area contributed by atoms with Crippen LogP contribution in [0.1, 0.15) is 50.4 Å². The lowest BCUT2D eigenvalue weighted by Crippen LogP contribution is -2.36. The maximum atomic E-state index is 14.5. The van der Waals surface area contributed by atoms with Crippen molar-refractivity contribution in [1.82, 2.24) is 34.8 Å². The largest absolute Gasteiger partial charge is 0.443 e. The number of carbonyl (C=O) groups excluding carboxylic acids is 1. The van der Waals surface area contributed by atoms with Crippen LogP contribution in [0.15, 0.2) is 24.5 Å². The number of halogens is 1. The van der Waals surface area contributed by atoms with Crippen molar-refractivity contribution in [2.45, 2.75) is 63.9 Å². The highest BCUT2D eigenvalue weighted by Crippen LogP contribution is 2.38. The molecule has 176 valence electrons. The lowest BCUT2D eigenvalue weighted by molar-refractivity contribution is 0.0593. The Morgan fingerprint density at radius 3 is 2.97 bits per heavy atom. The zero-order valence-electron chi connectivity index (χ0n) is 18.8. The number of H-pyrrole nitrogens is 1. The fraction of sp³-hybridized carbons (Fsp3) is 0.545. The van der Waals surface area contributed by atoms with Gasteiger partial charge in [-0.1, -0.05) is 0 Å². The molecular weight excluding hydrogens is 427 g/mol. The summed E-state index contributed by atoms with van der Waals surface area (Å²) in [4.78, 5) is 23.3. The molecule has 1 saturated heterocycles. The van der Waals surface area contributed by atoms with Crippen LogP contribution in [0.2, 0.25) is 0 Å². The van der Waals surface area contributed by atoms with Crippen LogP contribution < -0.4 is 10.6 Å². The molecule has 0 spiro atoms. The van der Waals surface area contributed by atoms with Crippen LogP contribution in [0.5, 0.6) is 0 Å². The van der Waals surface area contributed by atoms with E-state index in [2.05, 4.69) is 35.7 Å². The van der Waals surface area contributed by atoms with E-state index in [9.17, 15) is 9.18 Å². The molecule has 1 aliphatic carbocycles. The number of alkyl carbamates (subject to hydrolysis) is 1. The summed E-state index contributed by atoms with van der Waals surface area (Å²) in [5.74, 6) is 1.08. The SMILES string of the molecule is CC(C)NC(=O)O[C@H]1C[C@@H](c2cc(Nc3nccc4nc(CN5CCC5)cn34)n[nH]2)C[C@H]1F. The van der Waals surface area contributed by atoms with Gasteiger partial charge in [0.25, 0.3) is 0 Å². The van der Waals surface area contributed by atoms with E-state index < -0.39 is 18.4 Å². The lowest BCUT2D eigenvalue weighted by Gasteiger charge is -2.29. The van der Waals surface area contributed by atoms with E-state index >= 15 is 0 Å². The number of anilines is 2. The number of nitrogens with zero attached hydrogens (tertiary/aromatic N) is 5. The molecule has 33 heavy (non-hydrogen) atoms. The Labute approximate surface area is 190 Å². The Balaban J connectivity index is 1.25. The molecule has 0 unspecified atom stereocenters. The van der Waals surface area contributed by atoms with Crippen LogP contribution in [0.4, 0.5) is 21.0 Å². The van der Waals surface area contributed by atoms with Crippen molar-refractivity contribution in [3.63, 3.8) is 0 Å². The van der Waals surface area contributed by atoms with E-state index in [0.29, 0.717) is 18.2 Å². The topological polar surface area (TPSA) is 112 Å². The van der Waals surface area contributed by atoms with Gasteiger partial charge in [0.15, 0.2) is 5.82 Å². The molecule has 3 N–H and O–H groups in total. The Bertz CT molecular complexity index is 1120. The highest BCUT2D eigenvalue weighted by atomic mass is 19.1. The zero-order valence-corrected chi connectivity index (χ0v) is 18.8. The van der Waals surface area contributed by atoms with Crippen LogP contribution in [-0.2, 0) is 11.3 Å². The summed E-state index contributed by atoms with van der Waals surface area (Å²) >= 11 is 0. The molecular formula is C22H29FN8O2. The molecule has 2 fully saturated rings. The summed E-state index contributed by atoms with van der Waals surface area (Å²) in [5.41, 5.74) is 2.61. The van der Waals surface area contributed by atoms with Crippen LogP contribution in [-0.4, -0.2) is 67.0 Å². The van der Waals surface area contributed by atoms with Crippen molar-refractivity contribution in [2.75, 3.05) is 18.4 Å². The van der Waals surface area contributed by atoms with Gasteiger partial charge in [-0.15, -0.1) is 0 Å². The van der Waals surface area contributed by atoms with E-state index in [-0.39, 0.29) is 18.4 Å². The molecule has 3 atom stereocenters. The highest BCUT2D eigenvalue weighted by Gasteiger charge is 2.38. The summed E-state index contributed by atoms with van der Waals surface area (Å²) in [5, 5.41) is 13.2. The molecule has 0 bridgehead atoms. The molecule has 1 aliphatic heterocycles. The van der Waals surface area contributed by atoms with Crippen molar-refractivity contribution in [3.8, 4) is 0 Å². The summed E-state index contributed by atoms with van der Waals surface area (Å²) in [6.07, 6.45) is 3.06. The van der Waals surface area contributed by atoms with Gasteiger partial charge in [-0.2, -0.15) is 5.10 Å². The van der Waals surface area contributed by atoms with E-state index in [1.807, 2.05) is 36.6 Å². The van der Waals surface area contributed by atoms with Gasteiger partial charge >= 0.3 is 6.09 Å². The number of aromatic amines is 1. The molecule has 5 rings (SSSR count). The number of aromatic nitrogens is 5. The molecule has 3 aromatic heterocycles. The first-order valence-electron chi connectivity index (χ1n) is 11.4. The number of ether oxygens (including phenoxy) is 1. The molecule has 1 saturated carbocycles. The Hall–Kier alpha value is -3.21. The van der Waals surface area contributed by atoms with Gasteiger partial charge in [0.1, 0.15) is 17.9 Å². The third kappa shape index (κ3) is 4.77. The number of hydrogen-bond donors (Lipinski definition) is 3. The number of rotatable bonds is 7. The number of imidazole rings is 1. The standard InChI is InChI=1S/C22H29FN8O2/c1-13(2)25-22(32)33-18-9-14(8-16(18)23)17-10-19(29-28-17)27-21-24-5-4-20-26-15(12-31(20)21)11-30-6-3-7-30/h4-5,10,12-14,16,18H,3,6-9,11H2,1-2H3,(H,25,32)(H2,24,27,28,29)/t14-,16+,18-/m0/s1. The first-order chi connectivity index (χ1) is 15.9. The van der Waals surface area contributed by atoms with E-state index in [1.165, 1.54) is 6.42 Å². The Kier molecular flexibility index (Phi) is 5.88. The fourth-order valence-corrected chi connectivity index (χ4v) is 4.36. The highest BCUT2D eigenvalue weighted by molar-refractivity contribution is 5.67. The number of fused-ring (bicyclic) bond motifs is 1. The predicted molar refractivity (Wildman–Crippen MR) is 120 cm³/mol. The molecule has 0 radical (unpaired) electrons. The second kappa shape index (κ2) is 8.97. The zero-order chi connectivity index (χ0) is 22.9. The molecule has 0 aromatic carbocycles. The van der Waals surface area contributed by atoms with Crippen molar-refractivity contribution < 1.29 is 13.9 Å². The summed E-state index contributed by atoms with van der Waals surface area (Å²) in [6.45, 7) is 6.72. The average Bonchev–Trinajstić information content (AvgIpc) is 3.43. The quantitative estimate of drug-likeness (QED) is 0.501. The lowest BCUT2D eigenvalue weighted by atomic mass is 10.0. The predicted octanol–water partition coefficient (Wildman–Crippen LogP) is 3.12. The Morgan fingerprint density at radius 2 is 2.21 bits per heavy atom. The first-order valence-corrected chi connectivity index (χ1v) is 11.4. The van der Waals surface area contributed by atoms with Gasteiger partial charge in [-0.25, -0.2) is 19.2 Å². The monoisotopic (exact) mass is 456 g/mol. The van der Waals surface area contributed by atoms with Gasteiger partial charge in [-0.05, 0) is 52.3 Å². The Morgan fingerprint density at radius 1 is 1.36 bits per heavy atom. The summed E-state index contributed by atoms with van der Waals surface area (Å²) < 4.78 is 21.7. The minimum absolute atomic E-state index is 0.0608. The number of alkyl halides is 1. The van der Waals surface area contributed by atoms with Gasteiger partial charge in [-0.3, -0.25) is 14.4 Å². The number of carbonyl (C=O) groups is 1. The van der Waals surface area contributed by atoms with E-state index in [0.717, 1.165) is 36.7 Å². The smallest absolute Gasteiger partial charge is 0.407 e. The van der Waals surface area contributed by atoms with Crippen LogP contribution in [0.3, 0.4) is 0 Å². The van der Waals surface area contributed by atoms with Crippen LogP contribution in [0, 0.1) is 0 Å². The molecule has 3 aromatic rings. The molecule has 11 heteroatoms. The third-order valence-corrected chi connectivity index (χ3v) is 6.14. The number of nitrogens with one attached hydrogen (secondary N) is 3. The normalized spacial score (nSPS) is 23.1. The number of hydrogen-bond acceptors (Lipinski definition) is 7. The van der Waals surface area contributed by atoms with Gasteiger partial charge in [0.2, 0.25) is 5.95 Å². The van der Waals surface area contributed by atoms with E-state index in [1.54, 1.807) is 6.20 Å². The minimum Gasteiger partial charge on any atom is -0.443 e. The second-order valence-electron chi connectivity index (χ2n) is 9.12. The van der Waals surface area contributed by atoms with E-state index in [4.69, 9.17) is 4.74 Å². The van der Waals surface area contributed by atoms with Gasteiger partial charge in [0.05, 0.1) is 5.69 Å². The molecule has 1 amide bonds. The van der Waals surface area contributed by atoms with Crippen molar-refractivity contribution in [1.29, 1.82) is 0 Å². The molecule has 4 heterocycles. The van der Waals surface area contributed by atoms with Crippen molar-refractivity contribution >= 4 is 23.5 Å².